The topological polar surface area (TPSA) is 87.9 Å². The first-order valence-corrected chi connectivity index (χ1v) is 13.3. The summed E-state index contributed by atoms with van der Waals surface area (Å²) in [5.74, 6) is 0.639. The Morgan fingerprint density at radius 3 is 2.53 bits per heavy atom. The molecule has 38 heavy (non-hydrogen) atoms. The molecule has 198 valence electrons. The summed E-state index contributed by atoms with van der Waals surface area (Å²) >= 11 is 0. The third kappa shape index (κ3) is 4.74. The molecule has 0 bridgehead atoms. The first kappa shape index (κ1) is 24.8. The second-order valence-electron chi connectivity index (χ2n) is 11.3. The summed E-state index contributed by atoms with van der Waals surface area (Å²) in [6.45, 7) is 9.86. The number of nitrogens with zero attached hydrogens (tertiary/aromatic N) is 8. The second-order valence-corrected chi connectivity index (χ2v) is 11.3. The summed E-state index contributed by atoms with van der Waals surface area (Å²) in [7, 11) is 4.11. The Morgan fingerprint density at radius 1 is 1.03 bits per heavy atom. The van der Waals surface area contributed by atoms with Crippen molar-refractivity contribution in [3.05, 3.63) is 53.9 Å². The molecule has 0 aromatic carbocycles. The Morgan fingerprint density at radius 2 is 1.82 bits per heavy atom. The smallest absolute Gasteiger partial charge is 0.229 e. The van der Waals surface area contributed by atoms with E-state index in [0.717, 1.165) is 17.6 Å². The Bertz CT molecular complexity index is 1450. The van der Waals surface area contributed by atoms with E-state index in [1.807, 2.05) is 30.1 Å². The monoisotopic (exact) mass is 515 g/mol. The highest BCUT2D eigenvalue weighted by atomic mass is 19.1. The summed E-state index contributed by atoms with van der Waals surface area (Å²) in [5, 5.41) is 8.49. The van der Waals surface area contributed by atoms with Gasteiger partial charge in [-0.15, -0.1) is 0 Å². The summed E-state index contributed by atoms with van der Waals surface area (Å²) in [4.78, 5) is 22.5. The molecule has 4 aromatic heterocycles. The first-order valence-electron chi connectivity index (χ1n) is 13.3. The summed E-state index contributed by atoms with van der Waals surface area (Å²) in [6.07, 6.45) is 7.27. The summed E-state index contributed by atoms with van der Waals surface area (Å²) in [5.41, 5.74) is 4.15. The van der Waals surface area contributed by atoms with Crippen LogP contribution in [0.4, 0.5) is 16.2 Å². The quantitative estimate of drug-likeness (QED) is 0.406. The minimum atomic E-state index is -0.507. The van der Waals surface area contributed by atoms with E-state index in [2.05, 4.69) is 67.1 Å². The number of nitrogens with one attached hydrogen (secondary N) is 1. The van der Waals surface area contributed by atoms with Crippen LogP contribution in [-0.4, -0.2) is 72.7 Å². The van der Waals surface area contributed by atoms with Gasteiger partial charge in [-0.3, -0.25) is 9.58 Å². The van der Waals surface area contributed by atoms with Crippen molar-refractivity contribution in [1.82, 2.24) is 39.5 Å². The van der Waals surface area contributed by atoms with Crippen LogP contribution in [0.5, 0.6) is 0 Å². The first-order chi connectivity index (χ1) is 18.3. The van der Waals surface area contributed by atoms with E-state index in [0.29, 0.717) is 22.4 Å². The molecule has 6 heterocycles. The van der Waals surface area contributed by atoms with Crippen LogP contribution in [0.25, 0.3) is 22.3 Å². The molecule has 2 aliphatic rings. The van der Waals surface area contributed by atoms with Crippen molar-refractivity contribution in [3.63, 3.8) is 0 Å². The third-order valence-electron chi connectivity index (χ3n) is 7.94. The average Bonchev–Trinajstić information content (AvgIpc) is 3.22. The molecule has 4 aromatic rings. The molecular weight excluding hydrogens is 481 g/mol. The van der Waals surface area contributed by atoms with E-state index in [4.69, 9.17) is 0 Å². The minimum absolute atomic E-state index is 0.188. The lowest BCUT2D eigenvalue weighted by Crippen LogP contribution is -2.59. The SMILES string of the molecule is CC(C)c1c2cc(-c3nc(Nc4ccc(CN5CC6(CCN(C)CC6)C5)cn4)ncc3F)cnc2nn1C. The number of piperidine rings is 1. The van der Waals surface area contributed by atoms with Gasteiger partial charge >= 0.3 is 0 Å². The van der Waals surface area contributed by atoms with Gasteiger partial charge in [0.05, 0.1) is 11.9 Å². The highest BCUT2D eigenvalue weighted by molar-refractivity contribution is 5.83. The van der Waals surface area contributed by atoms with Crippen LogP contribution in [0.3, 0.4) is 0 Å². The predicted octanol–water partition coefficient (Wildman–Crippen LogP) is 4.35. The molecule has 0 aliphatic carbocycles. The predicted molar refractivity (Wildman–Crippen MR) is 146 cm³/mol. The van der Waals surface area contributed by atoms with Crippen molar-refractivity contribution in [2.24, 2.45) is 12.5 Å². The molecule has 10 heteroatoms. The fourth-order valence-corrected chi connectivity index (χ4v) is 5.93. The van der Waals surface area contributed by atoms with Gasteiger partial charge in [0.1, 0.15) is 11.5 Å². The fourth-order valence-electron chi connectivity index (χ4n) is 5.93. The highest BCUT2D eigenvalue weighted by Gasteiger charge is 2.43. The number of pyridine rings is 2. The Kier molecular flexibility index (Phi) is 6.31. The van der Waals surface area contributed by atoms with Crippen molar-refractivity contribution in [1.29, 1.82) is 0 Å². The lowest BCUT2D eigenvalue weighted by atomic mass is 9.72. The minimum Gasteiger partial charge on any atom is -0.309 e. The van der Waals surface area contributed by atoms with Gasteiger partial charge in [-0.25, -0.2) is 24.3 Å². The average molecular weight is 516 g/mol. The van der Waals surface area contributed by atoms with Crippen LogP contribution in [0, 0.1) is 11.2 Å². The van der Waals surface area contributed by atoms with Crippen LogP contribution in [0.2, 0.25) is 0 Å². The van der Waals surface area contributed by atoms with Gasteiger partial charge in [0.25, 0.3) is 0 Å². The van der Waals surface area contributed by atoms with Gasteiger partial charge in [-0.05, 0) is 62.0 Å². The van der Waals surface area contributed by atoms with Gasteiger partial charge in [0, 0.05) is 50.0 Å². The van der Waals surface area contributed by atoms with E-state index in [1.54, 1.807) is 6.20 Å². The molecule has 0 radical (unpaired) electrons. The lowest BCUT2D eigenvalue weighted by molar-refractivity contribution is -0.0471. The van der Waals surface area contributed by atoms with Crippen molar-refractivity contribution in [2.75, 3.05) is 38.5 Å². The fraction of sp³-hybridized carbons (Fsp3) is 0.464. The van der Waals surface area contributed by atoms with Gasteiger partial charge in [0.15, 0.2) is 11.5 Å². The molecule has 1 N–H and O–H groups in total. The third-order valence-corrected chi connectivity index (χ3v) is 7.94. The Labute approximate surface area is 222 Å². The molecule has 0 unspecified atom stereocenters. The number of rotatable bonds is 6. The molecule has 6 rings (SSSR count). The molecule has 0 amide bonds. The number of aryl methyl sites for hydroxylation is 1. The van der Waals surface area contributed by atoms with Crippen molar-refractivity contribution >= 4 is 22.8 Å². The number of likely N-dealkylation sites (tertiary alicyclic amines) is 2. The van der Waals surface area contributed by atoms with Crippen LogP contribution in [-0.2, 0) is 13.6 Å². The van der Waals surface area contributed by atoms with Gasteiger partial charge < -0.3 is 10.2 Å². The number of anilines is 2. The van der Waals surface area contributed by atoms with Crippen molar-refractivity contribution in [3.8, 4) is 11.3 Å². The van der Waals surface area contributed by atoms with Crippen LogP contribution in [0.15, 0.2) is 36.8 Å². The molecule has 0 saturated carbocycles. The summed E-state index contributed by atoms with van der Waals surface area (Å²) in [6, 6.07) is 5.90. The maximum absolute atomic E-state index is 14.8. The van der Waals surface area contributed by atoms with Crippen molar-refractivity contribution in [2.45, 2.75) is 39.2 Å². The van der Waals surface area contributed by atoms with Crippen LogP contribution < -0.4 is 5.32 Å². The molecular formula is C28H34FN9. The number of halogens is 1. The zero-order chi connectivity index (χ0) is 26.4. The van der Waals surface area contributed by atoms with E-state index in [-0.39, 0.29) is 17.6 Å². The molecule has 0 atom stereocenters. The van der Waals surface area contributed by atoms with Gasteiger partial charge in [-0.2, -0.15) is 5.10 Å². The van der Waals surface area contributed by atoms with Crippen LogP contribution >= 0.6 is 0 Å². The molecule has 2 fully saturated rings. The maximum atomic E-state index is 14.8. The second kappa shape index (κ2) is 9.67. The van der Waals surface area contributed by atoms with Crippen LogP contribution in [0.1, 0.15) is 43.9 Å². The maximum Gasteiger partial charge on any atom is 0.229 e. The number of aromatic nitrogens is 6. The normalized spacial score (nSPS) is 17.8. The Balaban J connectivity index is 1.14. The zero-order valence-electron chi connectivity index (χ0n) is 22.4. The number of hydrogen-bond acceptors (Lipinski definition) is 8. The van der Waals surface area contributed by atoms with Gasteiger partial charge in [-0.1, -0.05) is 19.9 Å². The molecule has 2 saturated heterocycles. The standard InChI is InChI=1S/C28H34FN9/c1-18(2)25-21-11-20(13-31-26(21)35-37(25)4)24-22(29)14-32-27(34-24)33-23-6-5-19(12-30-23)15-38-16-28(17-38)7-9-36(3)10-8-28/h5-6,11-14,18H,7-10,15-17H2,1-4H3,(H,30,32,33,34). The van der Waals surface area contributed by atoms with E-state index in [9.17, 15) is 4.39 Å². The molecule has 2 aliphatic heterocycles. The van der Waals surface area contributed by atoms with Gasteiger partial charge in [0.2, 0.25) is 5.95 Å². The van der Waals surface area contributed by atoms with E-state index < -0.39 is 5.82 Å². The Hall–Kier alpha value is -3.50. The molecule has 1 spiro atoms. The number of hydrogen-bond donors (Lipinski definition) is 1. The zero-order valence-corrected chi connectivity index (χ0v) is 22.4. The van der Waals surface area contributed by atoms with E-state index >= 15 is 0 Å². The largest absolute Gasteiger partial charge is 0.309 e. The number of fused-ring (bicyclic) bond motifs is 1. The van der Waals surface area contributed by atoms with Crippen molar-refractivity contribution < 1.29 is 4.39 Å². The lowest BCUT2D eigenvalue weighted by Gasteiger charge is -2.54. The molecule has 9 nitrogen and oxygen atoms in total. The van der Waals surface area contributed by atoms with E-state index in [1.165, 1.54) is 50.8 Å². The highest BCUT2D eigenvalue weighted by Crippen LogP contribution is 2.40. The summed E-state index contributed by atoms with van der Waals surface area (Å²) < 4.78 is 16.6.